The van der Waals surface area contributed by atoms with Crippen molar-refractivity contribution in [2.45, 2.75) is 13.5 Å². The lowest BCUT2D eigenvalue weighted by Crippen LogP contribution is -2.28. The van der Waals surface area contributed by atoms with Crippen LogP contribution >= 0.6 is 0 Å². The van der Waals surface area contributed by atoms with Crippen molar-refractivity contribution in [3.8, 4) is 0 Å². The van der Waals surface area contributed by atoms with Gasteiger partial charge < -0.3 is 16.4 Å². The maximum atomic E-state index is 12.5. The number of para-hydroxylation sites is 1. The average Bonchev–Trinajstić information content (AvgIpc) is 2.59. The van der Waals surface area contributed by atoms with Gasteiger partial charge in [0, 0.05) is 11.4 Å². The zero-order valence-electron chi connectivity index (χ0n) is 14.0. The molecular formula is C18H17N5O3. The fourth-order valence-electron chi connectivity index (χ4n) is 2.58. The van der Waals surface area contributed by atoms with Gasteiger partial charge in [-0.25, -0.2) is 9.78 Å². The lowest BCUT2D eigenvalue weighted by molar-refractivity contribution is -0.116. The molecule has 0 radical (unpaired) electrons. The maximum Gasteiger partial charge on any atom is 0.316 e. The summed E-state index contributed by atoms with van der Waals surface area (Å²) in [5, 5.41) is 5.59. The van der Waals surface area contributed by atoms with Crippen LogP contribution in [0, 0.1) is 6.92 Å². The number of amides is 3. The molecule has 1 aromatic heterocycles. The summed E-state index contributed by atoms with van der Waals surface area (Å²) < 4.78 is 1.26. The second-order valence-corrected chi connectivity index (χ2v) is 5.76. The number of hydrogen-bond acceptors (Lipinski definition) is 4. The van der Waals surface area contributed by atoms with Gasteiger partial charge in [-0.05, 0) is 42.8 Å². The van der Waals surface area contributed by atoms with Crippen LogP contribution in [0.2, 0.25) is 0 Å². The van der Waals surface area contributed by atoms with Gasteiger partial charge in [0.2, 0.25) is 5.91 Å². The molecule has 0 aliphatic heterocycles. The predicted molar refractivity (Wildman–Crippen MR) is 99.0 cm³/mol. The van der Waals surface area contributed by atoms with Crippen LogP contribution in [0.3, 0.4) is 0 Å². The Morgan fingerprint density at radius 3 is 2.38 bits per heavy atom. The predicted octanol–water partition coefficient (Wildman–Crippen LogP) is 1.83. The van der Waals surface area contributed by atoms with Gasteiger partial charge in [0.15, 0.2) is 0 Å². The van der Waals surface area contributed by atoms with Gasteiger partial charge >= 0.3 is 6.03 Å². The van der Waals surface area contributed by atoms with E-state index in [-0.39, 0.29) is 18.0 Å². The van der Waals surface area contributed by atoms with E-state index in [1.165, 1.54) is 10.9 Å². The van der Waals surface area contributed by atoms with E-state index in [9.17, 15) is 14.4 Å². The van der Waals surface area contributed by atoms with Crippen LogP contribution in [0.1, 0.15) is 5.56 Å². The minimum atomic E-state index is -0.666. The van der Waals surface area contributed by atoms with Crippen molar-refractivity contribution in [3.63, 3.8) is 0 Å². The molecular weight excluding hydrogens is 334 g/mol. The van der Waals surface area contributed by atoms with Crippen LogP contribution in [0.25, 0.3) is 10.9 Å². The van der Waals surface area contributed by atoms with Crippen molar-refractivity contribution in [2.24, 2.45) is 5.73 Å². The van der Waals surface area contributed by atoms with Gasteiger partial charge in [0.05, 0.1) is 17.2 Å². The maximum absolute atomic E-state index is 12.5. The molecule has 3 amide bonds. The molecule has 0 aliphatic carbocycles. The van der Waals surface area contributed by atoms with Gasteiger partial charge in [-0.3, -0.25) is 14.2 Å². The highest BCUT2D eigenvalue weighted by molar-refractivity contribution is 5.92. The van der Waals surface area contributed by atoms with Crippen molar-refractivity contribution < 1.29 is 9.59 Å². The molecule has 26 heavy (non-hydrogen) atoms. The highest BCUT2D eigenvalue weighted by Crippen LogP contribution is 2.14. The highest BCUT2D eigenvalue weighted by Gasteiger charge is 2.09. The topological polar surface area (TPSA) is 119 Å². The molecule has 8 nitrogen and oxygen atoms in total. The van der Waals surface area contributed by atoms with Gasteiger partial charge in [0.25, 0.3) is 5.56 Å². The van der Waals surface area contributed by atoms with Crippen molar-refractivity contribution in [2.75, 3.05) is 10.6 Å². The van der Waals surface area contributed by atoms with Gasteiger partial charge in [-0.1, -0.05) is 12.1 Å². The number of nitrogens with two attached hydrogens (primary N) is 1. The van der Waals surface area contributed by atoms with Crippen LogP contribution in [-0.2, 0) is 11.3 Å². The van der Waals surface area contributed by atoms with Crippen LogP contribution in [-0.4, -0.2) is 21.5 Å². The number of rotatable bonds is 4. The number of aromatic nitrogens is 2. The molecule has 1 heterocycles. The molecule has 3 rings (SSSR count). The quantitative estimate of drug-likeness (QED) is 0.664. The van der Waals surface area contributed by atoms with Crippen LogP contribution in [0.4, 0.5) is 16.2 Å². The molecule has 0 atom stereocenters. The van der Waals surface area contributed by atoms with Crippen molar-refractivity contribution in [3.05, 3.63) is 64.7 Å². The van der Waals surface area contributed by atoms with E-state index in [2.05, 4.69) is 15.6 Å². The number of anilines is 2. The minimum Gasteiger partial charge on any atom is -0.351 e. The molecule has 2 aromatic carbocycles. The number of carbonyl (C=O) groups excluding carboxylic acids is 2. The summed E-state index contributed by atoms with van der Waals surface area (Å²) in [6.07, 6.45) is 1.37. The van der Waals surface area contributed by atoms with E-state index in [1.54, 1.807) is 36.4 Å². The molecule has 0 saturated carbocycles. The van der Waals surface area contributed by atoms with Gasteiger partial charge in [-0.2, -0.15) is 0 Å². The Hall–Kier alpha value is -3.68. The van der Waals surface area contributed by atoms with Crippen molar-refractivity contribution in [1.29, 1.82) is 0 Å². The zero-order valence-corrected chi connectivity index (χ0v) is 14.0. The Morgan fingerprint density at radius 2 is 1.73 bits per heavy atom. The zero-order chi connectivity index (χ0) is 18.7. The third kappa shape index (κ3) is 3.69. The fraction of sp³-hybridized carbons (Fsp3) is 0.111. The van der Waals surface area contributed by atoms with E-state index in [4.69, 9.17) is 5.73 Å². The first-order valence-electron chi connectivity index (χ1n) is 7.85. The first-order valence-corrected chi connectivity index (χ1v) is 7.85. The van der Waals surface area contributed by atoms with E-state index in [1.807, 2.05) is 13.0 Å². The number of nitrogens with zero attached hydrogens (tertiary/aromatic N) is 2. The Kier molecular flexibility index (Phi) is 4.66. The number of aryl methyl sites for hydroxylation is 1. The van der Waals surface area contributed by atoms with Crippen LogP contribution < -0.4 is 21.9 Å². The largest absolute Gasteiger partial charge is 0.351 e. The average molecular weight is 351 g/mol. The monoisotopic (exact) mass is 351 g/mol. The summed E-state index contributed by atoms with van der Waals surface area (Å²) in [4.78, 5) is 39.8. The second kappa shape index (κ2) is 7.06. The van der Waals surface area contributed by atoms with E-state index in [0.29, 0.717) is 22.3 Å². The van der Waals surface area contributed by atoms with E-state index in [0.717, 1.165) is 5.56 Å². The lowest BCUT2D eigenvalue weighted by Gasteiger charge is -2.09. The molecule has 0 aliphatic rings. The summed E-state index contributed by atoms with van der Waals surface area (Å²) in [5.74, 6) is -0.364. The molecule has 0 fully saturated rings. The third-order valence-electron chi connectivity index (χ3n) is 3.81. The standard InChI is InChI=1S/C18H17N5O3/c1-11-3-2-4-14-16(11)20-10-23(17(14)25)9-15(24)21-12-5-7-13(8-6-12)22-18(19)26/h2-8,10H,9H2,1H3,(H,21,24)(H3,19,22,26). The fourth-order valence-corrected chi connectivity index (χ4v) is 2.58. The van der Waals surface area contributed by atoms with Gasteiger partial charge in [0.1, 0.15) is 6.54 Å². The van der Waals surface area contributed by atoms with E-state index >= 15 is 0 Å². The highest BCUT2D eigenvalue weighted by atomic mass is 16.2. The molecule has 132 valence electrons. The first-order chi connectivity index (χ1) is 12.4. The van der Waals surface area contributed by atoms with Crippen LogP contribution in [0.5, 0.6) is 0 Å². The summed E-state index contributed by atoms with van der Waals surface area (Å²) in [6, 6.07) is 11.1. The number of primary amides is 1. The van der Waals surface area contributed by atoms with Gasteiger partial charge in [-0.15, -0.1) is 0 Å². The Balaban J connectivity index is 1.74. The Bertz CT molecular complexity index is 1040. The normalized spacial score (nSPS) is 10.5. The summed E-state index contributed by atoms with van der Waals surface area (Å²) in [7, 11) is 0. The number of urea groups is 1. The number of fused-ring (bicyclic) bond motifs is 1. The third-order valence-corrected chi connectivity index (χ3v) is 3.81. The molecule has 0 bridgehead atoms. The SMILES string of the molecule is Cc1cccc2c(=O)n(CC(=O)Nc3ccc(NC(N)=O)cc3)cnc12. The lowest BCUT2D eigenvalue weighted by atomic mass is 10.1. The van der Waals surface area contributed by atoms with E-state index < -0.39 is 6.03 Å². The van der Waals surface area contributed by atoms with Crippen molar-refractivity contribution >= 4 is 34.2 Å². The molecule has 3 aromatic rings. The first kappa shape index (κ1) is 17.2. The minimum absolute atomic E-state index is 0.156. The number of nitrogens with one attached hydrogen (secondary N) is 2. The second-order valence-electron chi connectivity index (χ2n) is 5.76. The van der Waals surface area contributed by atoms with Crippen LogP contribution in [0.15, 0.2) is 53.6 Å². The number of carbonyl (C=O) groups is 2. The number of hydrogen-bond donors (Lipinski definition) is 3. The molecule has 0 spiro atoms. The Morgan fingerprint density at radius 1 is 1.08 bits per heavy atom. The molecule has 0 saturated heterocycles. The number of benzene rings is 2. The smallest absolute Gasteiger partial charge is 0.316 e. The molecule has 0 unspecified atom stereocenters. The van der Waals surface area contributed by atoms with Crippen molar-refractivity contribution in [1.82, 2.24) is 9.55 Å². The summed E-state index contributed by atoms with van der Waals surface area (Å²) in [6.45, 7) is 1.72. The molecule has 4 N–H and O–H groups in total. The molecule has 8 heteroatoms. The summed E-state index contributed by atoms with van der Waals surface area (Å²) in [5.41, 5.74) is 7.35. The summed E-state index contributed by atoms with van der Waals surface area (Å²) >= 11 is 0. The Labute approximate surface area is 148 Å².